The highest BCUT2D eigenvalue weighted by molar-refractivity contribution is 7.71. The maximum Gasteiger partial charge on any atom is 0.459 e. The second-order valence-electron chi connectivity index (χ2n) is 8.56. The largest absolute Gasteiger partial charge is 0.462 e. The van der Waals surface area contributed by atoms with Crippen LogP contribution in [0.1, 0.15) is 32.6 Å². The van der Waals surface area contributed by atoms with Gasteiger partial charge in [0.25, 0.3) is 5.56 Å². The topological polar surface area (TPSA) is 161 Å². The molecule has 1 fully saturated rings. The van der Waals surface area contributed by atoms with Gasteiger partial charge in [0, 0.05) is 11.8 Å². The molecule has 0 amide bonds. The quantitative estimate of drug-likeness (QED) is 0.197. The maximum atomic E-state index is 13.6. The lowest BCUT2D eigenvalue weighted by atomic mass is 10.1. The lowest BCUT2D eigenvalue weighted by molar-refractivity contribution is -0.149. The van der Waals surface area contributed by atoms with E-state index >= 15 is 0 Å². The second kappa shape index (κ2) is 11.8. The van der Waals surface area contributed by atoms with E-state index in [9.17, 15) is 24.4 Å². The van der Waals surface area contributed by atoms with E-state index in [-0.39, 0.29) is 22.2 Å². The first-order valence-corrected chi connectivity index (χ1v) is 13.2. The van der Waals surface area contributed by atoms with Crippen LogP contribution in [0.4, 0.5) is 0 Å². The molecule has 198 valence electrons. The molecule has 0 aliphatic carbocycles. The van der Waals surface area contributed by atoms with Crippen LogP contribution in [0.15, 0.2) is 41.3 Å². The Morgan fingerprint density at radius 3 is 2.56 bits per heavy atom. The molecule has 12 nitrogen and oxygen atoms in total. The molecule has 36 heavy (non-hydrogen) atoms. The van der Waals surface area contributed by atoms with Gasteiger partial charge in [0.15, 0.2) is 11.0 Å². The van der Waals surface area contributed by atoms with Crippen LogP contribution in [-0.2, 0) is 23.4 Å². The summed E-state index contributed by atoms with van der Waals surface area (Å²) in [5.74, 6) is -0.459. The van der Waals surface area contributed by atoms with Crippen molar-refractivity contribution < 1.29 is 38.1 Å². The molecule has 14 heteroatoms. The molecule has 2 heterocycles. The van der Waals surface area contributed by atoms with Crippen LogP contribution >= 0.6 is 20.0 Å². The lowest BCUT2D eigenvalue weighted by Gasteiger charge is -2.25. The van der Waals surface area contributed by atoms with Gasteiger partial charge < -0.3 is 24.2 Å². The van der Waals surface area contributed by atoms with Gasteiger partial charge in [0.05, 0.1) is 12.7 Å². The normalized spacial score (nSPS) is 24.3. The number of aliphatic hydroxyl groups excluding tert-OH is 2. The third-order valence-corrected chi connectivity index (χ3v) is 7.15. The molecule has 1 aliphatic heterocycles. The molecule has 0 bridgehead atoms. The van der Waals surface area contributed by atoms with Crippen LogP contribution in [-0.4, -0.2) is 62.8 Å². The van der Waals surface area contributed by atoms with Gasteiger partial charge in [-0.1, -0.05) is 18.2 Å². The Morgan fingerprint density at radius 2 is 1.92 bits per heavy atom. The summed E-state index contributed by atoms with van der Waals surface area (Å²) < 4.78 is 36.9. The van der Waals surface area contributed by atoms with E-state index in [0.717, 1.165) is 0 Å². The number of carbonyl (C=O) groups excluding carboxylic acids is 1. The monoisotopic (exact) mass is 543 g/mol. The summed E-state index contributed by atoms with van der Waals surface area (Å²) in [7, 11) is -4.21. The number of benzene rings is 1. The number of carbonyl (C=O) groups is 1. The summed E-state index contributed by atoms with van der Waals surface area (Å²) in [6, 6.07) is 7.11. The Kier molecular flexibility index (Phi) is 9.23. The molecule has 2 aromatic rings. The van der Waals surface area contributed by atoms with E-state index in [0.29, 0.717) is 5.56 Å². The van der Waals surface area contributed by atoms with E-state index in [1.165, 1.54) is 17.7 Å². The number of esters is 1. The van der Waals surface area contributed by atoms with Gasteiger partial charge in [0.2, 0.25) is 0 Å². The molecular weight excluding hydrogens is 513 g/mol. The van der Waals surface area contributed by atoms with Gasteiger partial charge in [-0.2, -0.15) is 5.09 Å². The van der Waals surface area contributed by atoms with Gasteiger partial charge >= 0.3 is 13.7 Å². The number of nitrogens with one attached hydrogen (secondary N) is 2. The highest BCUT2D eigenvalue weighted by Gasteiger charge is 2.45. The first-order valence-electron chi connectivity index (χ1n) is 11.2. The van der Waals surface area contributed by atoms with Gasteiger partial charge in [-0.25, -0.2) is 4.57 Å². The van der Waals surface area contributed by atoms with E-state index in [1.807, 2.05) is 0 Å². The Bertz CT molecular complexity index is 1220. The predicted octanol–water partition coefficient (Wildman–Crippen LogP) is 1.97. The summed E-state index contributed by atoms with van der Waals surface area (Å²) in [5, 5.41) is 23.7. The summed E-state index contributed by atoms with van der Waals surface area (Å²) >= 11 is 5.15. The van der Waals surface area contributed by atoms with Gasteiger partial charge in [0.1, 0.15) is 30.1 Å². The van der Waals surface area contributed by atoms with E-state index in [1.54, 1.807) is 51.1 Å². The standard InChI is InChI=1S/C22H30N3O9PS/c1-12(2)32-21(29)14(4)24-35(30,34-15-8-6-5-7-9-15)31-11-16-17(26)18(27)20(33-16)25-10-13(3)19(28)23-22(25)36/h5-10,12,14,16-18,20,26-27H,11H2,1-4H3,(H,24,30)(H,23,28,36)/t14-,16-,17?,18+,20-,35?/m0/s1. The van der Waals surface area contributed by atoms with Gasteiger partial charge in [-0.3, -0.25) is 23.7 Å². The molecule has 1 aliphatic rings. The summed E-state index contributed by atoms with van der Waals surface area (Å²) in [6.07, 6.45) is -4.15. The molecule has 1 saturated heterocycles. The van der Waals surface area contributed by atoms with Crippen LogP contribution in [0.3, 0.4) is 0 Å². The number of rotatable bonds is 10. The third kappa shape index (κ3) is 6.88. The third-order valence-electron chi connectivity index (χ3n) is 5.19. The average molecular weight is 544 g/mol. The number of hydrogen-bond acceptors (Lipinski definition) is 10. The van der Waals surface area contributed by atoms with Crippen molar-refractivity contribution in [2.45, 2.75) is 64.4 Å². The Labute approximate surface area is 212 Å². The summed E-state index contributed by atoms with van der Waals surface area (Å²) in [6.45, 7) is 5.87. The van der Waals surface area contributed by atoms with Crippen LogP contribution in [0.2, 0.25) is 0 Å². The summed E-state index contributed by atoms with van der Waals surface area (Å²) in [4.78, 5) is 26.5. The second-order valence-corrected chi connectivity index (χ2v) is 10.6. The predicted molar refractivity (Wildman–Crippen MR) is 131 cm³/mol. The van der Waals surface area contributed by atoms with E-state index in [4.69, 9.17) is 30.7 Å². The molecule has 3 rings (SSSR count). The zero-order valence-electron chi connectivity index (χ0n) is 20.2. The minimum atomic E-state index is -4.21. The lowest BCUT2D eigenvalue weighted by Crippen LogP contribution is -2.38. The van der Waals surface area contributed by atoms with Crippen molar-refractivity contribution in [1.29, 1.82) is 0 Å². The number of para-hydroxylation sites is 1. The van der Waals surface area contributed by atoms with Crippen molar-refractivity contribution >= 4 is 25.9 Å². The van der Waals surface area contributed by atoms with Crippen molar-refractivity contribution in [3.63, 3.8) is 0 Å². The smallest absolute Gasteiger partial charge is 0.459 e. The number of aromatic amines is 1. The molecule has 4 N–H and O–H groups in total. The maximum absolute atomic E-state index is 13.6. The molecule has 1 aromatic carbocycles. The fraction of sp³-hybridized carbons (Fsp3) is 0.500. The van der Waals surface area contributed by atoms with Crippen LogP contribution in [0.25, 0.3) is 0 Å². The first kappa shape index (κ1) is 28.2. The van der Waals surface area contributed by atoms with Crippen molar-refractivity contribution in [2.24, 2.45) is 0 Å². The molecule has 2 unspecified atom stereocenters. The molecule has 0 saturated carbocycles. The van der Waals surface area contributed by atoms with E-state index in [2.05, 4.69) is 10.1 Å². The fourth-order valence-electron chi connectivity index (χ4n) is 3.38. The minimum Gasteiger partial charge on any atom is -0.462 e. The minimum absolute atomic E-state index is 0.0133. The van der Waals surface area contributed by atoms with Crippen molar-refractivity contribution in [1.82, 2.24) is 14.6 Å². The molecule has 0 spiro atoms. The molecular formula is C22H30N3O9PS. The summed E-state index contributed by atoms with van der Waals surface area (Å²) in [5.41, 5.74) is -0.0693. The van der Waals surface area contributed by atoms with Crippen LogP contribution < -0.4 is 15.2 Å². The van der Waals surface area contributed by atoms with E-state index < -0.39 is 50.9 Å². The highest BCUT2D eigenvalue weighted by Crippen LogP contribution is 2.46. The van der Waals surface area contributed by atoms with Crippen molar-refractivity contribution in [2.75, 3.05) is 6.61 Å². The molecule has 6 atom stereocenters. The fourth-order valence-corrected chi connectivity index (χ4v) is 5.13. The zero-order valence-corrected chi connectivity index (χ0v) is 21.9. The number of nitrogens with zero attached hydrogens (tertiary/aromatic N) is 1. The molecule has 0 radical (unpaired) electrons. The van der Waals surface area contributed by atoms with Gasteiger partial charge in [-0.05, 0) is 52.0 Å². The number of aliphatic hydroxyl groups is 2. The van der Waals surface area contributed by atoms with Crippen LogP contribution in [0, 0.1) is 11.7 Å². The number of H-pyrrole nitrogens is 1. The zero-order chi connectivity index (χ0) is 26.6. The number of ether oxygens (including phenoxy) is 2. The molecule has 1 aromatic heterocycles. The number of hydrogen-bond donors (Lipinski definition) is 4. The average Bonchev–Trinajstić information content (AvgIpc) is 3.08. The first-order chi connectivity index (χ1) is 16.9. The Balaban J connectivity index is 1.77. The Hall–Kier alpha value is -2.38. The highest BCUT2D eigenvalue weighted by atomic mass is 32.1. The van der Waals surface area contributed by atoms with Crippen molar-refractivity contribution in [3.05, 3.63) is 57.2 Å². The SMILES string of the molecule is Cc1cn([C@H]2O[C@@H](COP(=O)(N[C@@H](C)C(=O)OC(C)C)Oc3ccccc3)C(O)[C@H]2O)c(=S)[nH]c1=O. The van der Waals surface area contributed by atoms with Crippen LogP contribution in [0.5, 0.6) is 5.75 Å². The Morgan fingerprint density at radius 1 is 1.25 bits per heavy atom. The number of aryl methyl sites for hydroxylation is 1. The van der Waals surface area contributed by atoms with Gasteiger partial charge in [-0.15, -0.1) is 0 Å². The van der Waals surface area contributed by atoms with Crippen molar-refractivity contribution in [3.8, 4) is 5.75 Å². The number of aromatic nitrogens is 2.